The van der Waals surface area contributed by atoms with Gasteiger partial charge in [-0.15, -0.1) is 0 Å². The number of H-pyrrole nitrogens is 1. The fourth-order valence-corrected chi connectivity index (χ4v) is 2.26. The van der Waals surface area contributed by atoms with Gasteiger partial charge in [-0.05, 0) is 12.6 Å². The quantitative estimate of drug-likeness (QED) is 0.643. The standard InChI is InChI=1S/C15H16N6O/c16-6-5-10-7-14(19-9-18-10)17-8-13-11-3-1-2-4-12(11)15(22)21-20-13/h1-4,7,9H,5-6,8,16H2,(H,21,22)(H,17,18,19). The molecule has 0 radical (unpaired) electrons. The zero-order valence-electron chi connectivity index (χ0n) is 11.9. The van der Waals surface area contributed by atoms with Gasteiger partial charge in [-0.25, -0.2) is 15.1 Å². The Morgan fingerprint density at radius 3 is 2.82 bits per heavy atom. The highest BCUT2D eigenvalue weighted by molar-refractivity contribution is 5.83. The normalized spacial score (nSPS) is 10.8. The van der Waals surface area contributed by atoms with Crippen LogP contribution in [0.15, 0.2) is 41.5 Å². The van der Waals surface area contributed by atoms with Gasteiger partial charge < -0.3 is 11.1 Å². The molecule has 0 bridgehead atoms. The second-order valence-electron chi connectivity index (χ2n) is 4.83. The van der Waals surface area contributed by atoms with E-state index in [-0.39, 0.29) is 5.56 Å². The van der Waals surface area contributed by atoms with Crippen LogP contribution in [0.25, 0.3) is 10.8 Å². The Morgan fingerprint density at radius 2 is 2.00 bits per heavy atom. The van der Waals surface area contributed by atoms with E-state index < -0.39 is 0 Å². The molecule has 0 unspecified atom stereocenters. The van der Waals surface area contributed by atoms with Gasteiger partial charge in [0.15, 0.2) is 0 Å². The lowest BCUT2D eigenvalue weighted by molar-refractivity contribution is 0.897. The highest BCUT2D eigenvalue weighted by Gasteiger charge is 2.06. The van der Waals surface area contributed by atoms with Crippen LogP contribution in [0.5, 0.6) is 0 Å². The summed E-state index contributed by atoms with van der Waals surface area (Å²) < 4.78 is 0. The molecule has 7 heteroatoms. The second-order valence-corrected chi connectivity index (χ2v) is 4.83. The molecule has 0 aliphatic rings. The van der Waals surface area contributed by atoms with E-state index in [1.807, 2.05) is 24.3 Å². The fourth-order valence-electron chi connectivity index (χ4n) is 2.26. The lowest BCUT2D eigenvalue weighted by Gasteiger charge is -2.08. The summed E-state index contributed by atoms with van der Waals surface area (Å²) in [7, 11) is 0. The Morgan fingerprint density at radius 1 is 1.18 bits per heavy atom. The van der Waals surface area contributed by atoms with E-state index in [1.54, 1.807) is 6.07 Å². The van der Waals surface area contributed by atoms with Crippen molar-refractivity contribution >= 4 is 16.6 Å². The van der Waals surface area contributed by atoms with Crippen molar-refractivity contribution in [3.63, 3.8) is 0 Å². The highest BCUT2D eigenvalue weighted by Crippen LogP contribution is 2.14. The van der Waals surface area contributed by atoms with Gasteiger partial charge in [0.1, 0.15) is 12.1 Å². The number of benzene rings is 1. The van der Waals surface area contributed by atoms with E-state index in [9.17, 15) is 4.79 Å². The summed E-state index contributed by atoms with van der Waals surface area (Å²) >= 11 is 0. The average molecular weight is 296 g/mol. The van der Waals surface area contributed by atoms with Crippen LogP contribution in [0.4, 0.5) is 5.82 Å². The van der Waals surface area contributed by atoms with Crippen molar-refractivity contribution in [2.45, 2.75) is 13.0 Å². The molecule has 3 aromatic rings. The first-order valence-electron chi connectivity index (χ1n) is 6.99. The highest BCUT2D eigenvalue weighted by atomic mass is 16.1. The number of aromatic amines is 1. The van der Waals surface area contributed by atoms with Crippen molar-refractivity contribution < 1.29 is 0 Å². The Kier molecular flexibility index (Phi) is 4.06. The van der Waals surface area contributed by atoms with E-state index >= 15 is 0 Å². The molecule has 0 aliphatic heterocycles. The maximum atomic E-state index is 11.8. The lowest BCUT2D eigenvalue weighted by Crippen LogP contribution is -2.13. The Balaban J connectivity index is 1.84. The summed E-state index contributed by atoms with van der Waals surface area (Å²) in [6.45, 7) is 0.999. The molecule has 0 saturated carbocycles. The molecule has 2 heterocycles. The van der Waals surface area contributed by atoms with Gasteiger partial charge in [-0.1, -0.05) is 18.2 Å². The minimum atomic E-state index is -0.188. The van der Waals surface area contributed by atoms with Gasteiger partial charge in [-0.3, -0.25) is 4.79 Å². The van der Waals surface area contributed by atoms with Crippen LogP contribution in [0.3, 0.4) is 0 Å². The van der Waals surface area contributed by atoms with Crippen molar-refractivity contribution in [2.75, 3.05) is 11.9 Å². The Bertz CT molecular complexity index is 845. The average Bonchev–Trinajstić information content (AvgIpc) is 2.55. The van der Waals surface area contributed by atoms with Crippen LogP contribution in [-0.4, -0.2) is 26.7 Å². The molecule has 0 atom stereocenters. The van der Waals surface area contributed by atoms with Crippen LogP contribution in [-0.2, 0) is 13.0 Å². The number of nitrogens with one attached hydrogen (secondary N) is 2. The SMILES string of the molecule is NCCc1cc(NCc2n[nH]c(=O)c3ccccc23)ncn1. The minimum absolute atomic E-state index is 0.188. The third-order valence-corrected chi connectivity index (χ3v) is 3.34. The number of nitrogens with zero attached hydrogens (tertiary/aromatic N) is 3. The van der Waals surface area contributed by atoms with Gasteiger partial charge in [0.05, 0.1) is 17.6 Å². The maximum absolute atomic E-state index is 11.8. The minimum Gasteiger partial charge on any atom is -0.364 e. The summed E-state index contributed by atoms with van der Waals surface area (Å²) in [4.78, 5) is 20.1. The molecule has 1 aromatic carbocycles. The van der Waals surface area contributed by atoms with E-state index in [0.29, 0.717) is 30.7 Å². The summed E-state index contributed by atoms with van der Waals surface area (Å²) in [5.74, 6) is 0.704. The Labute approximate surface area is 126 Å². The molecular formula is C15H16N6O. The number of hydrogen-bond acceptors (Lipinski definition) is 6. The fraction of sp³-hybridized carbons (Fsp3) is 0.200. The van der Waals surface area contributed by atoms with Crippen molar-refractivity contribution in [3.05, 3.63) is 58.4 Å². The van der Waals surface area contributed by atoms with Crippen molar-refractivity contribution in [1.29, 1.82) is 0 Å². The van der Waals surface area contributed by atoms with Crippen LogP contribution < -0.4 is 16.6 Å². The predicted molar refractivity (Wildman–Crippen MR) is 84.5 cm³/mol. The number of hydrogen-bond donors (Lipinski definition) is 3. The first-order chi connectivity index (χ1) is 10.8. The van der Waals surface area contributed by atoms with Crippen LogP contribution in [0.1, 0.15) is 11.4 Å². The van der Waals surface area contributed by atoms with Crippen molar-refractivity contribution in [2.24, 2.45) is 5.73 Å². The number of rotatable bonds is 5. The van der Waals surface area contributed by atoms with E-state index in [4.69, 9.17) is 5.73 Å². The monoisotopic (exact) mass is 296 g/mol. The number of nitrogens with two attached hydrogens (primary N) is 1. The van der Waals surface area contributed by atoms with E-state index in [1.165, 1.54) is 6.33 Å². The van der Waals surface area contributed by atoms with Gasteiger partial charge in [-0.2, -0.15) is 5.10 Å². The largest absolute Gasteiger partial charge is 0.364 e. The molecule has 0 aliphatic carbocycles. The summed E-state index contributed by atoms with van der Waals surface area (Å²) in [6.07, 6.45) is 2.21. The van der Waals surface area contributed by atoms with E-state index in [0.717, 1.165) is 16.8 Å². The first kappa shape index (κ1) is 14.2. The molecular weight excluding hydrogens is 280 g/mol. The summed E-state index contributed by atoms with van der Waals surface area (Å²) in [6, 6.07) is 9.24. The molecule has 22 heavy (non-hydrogen) atoms. The van der Waals surface area contributed by atoms with Gasteiger partial charge >= 0.3 is 0 Å². The van der Waals surface area contributed by atoms with Crippen LogP contribution in [0, 0.1) is 0 Å². The number of fused-ring (bicyclic) bond motifs is 1. The molecule has 0 amide bonds. The van der Waals surface area contributed by atoms with Crippen LogP contribution >= 0.6 is 0 Å². The zero-order valence-corrected chi connectivity index (χ0v) is 11.9. The summed E-state index contributed by atoms with van der Waals surface area (Å²) in [5, 5.41) is 11.3. The summed E-state index contributed by atoms with van der Waals surface area (Å²) in [5.41, 5.74) is 6.99. The molecule has 3 rings (SSSR count). The Hall–Kier alpha value is -2.80. The van der Waals surface area contributed by atoms with E-state index in [2.05, 4.69) is 25.5 Å². The number of anilines is 1. The second kappa shape index (κ2) is 6.31. The van der Waals surface area contributed by atoms with Crippen molar-refractivity contribution in [1.82, 2.24) is 20.2 Å². The molecule has 2 aromatic heterocycles. The maximum Gasteiger partial charge on any atom is 0.272 e. The molecule has 0 fully saturated rings. The third kappa shape index (κ3) is 2.94. The zero-order chi connectivity index (χ0) is 15.4. The molecule has 0 spiro atoms. The smallest absolute Gasteiger partial charge is 0.272 e. The van der Waals surface area contributed by atoms with Gasteiger partial charge in [0.2, 0.25) is 0 Å². The topological polar surface area (TPSA) is 110 Å². The first-order valence-corrected chi connectivity index (χ1v) is 6.99. The van der Waals surface area contributed by atoms with Crippen LogP contribution in [0.2, 0.25) is 0 Å². The number of aromatic nitrogens is 4. The molecule has 112 valence electrons. The molecule has 4 N–H and O–H groups in total. The predicted octanol–water partition coefficient (Wildman–Crippen LogP) is 0.826. The third-order valence-electron chi connectivity index (χ3n) is 3.34. The van der Waals surface area contributed by atoms with Gasteiger partial charge in [0, 0.05) is 23.6 Å². The molecule has 7 nitrogen and oxygen atoms in total. The molecule has 0 saturated heterocycles. The van der Waals surface area contributed by atoms with Crippen molar-refractivity contribution in [3.8, 4) is 0 Å². The van der Waals surface area contributed by atoms with Gasteiger partial charge in [0.25, 0.3) is 5.56 Å². The lowest BCUT2D eigenvalue weighted by atomic mass is 10.1.